The van der Waals surface area contributed by atoms with Gasteiger partial charge in [0.25, 0.3) is 5.91 Å². The molecule has 0 unspecified atom stereocenters. The summed E-state index contributed by atoms with van der Waals surface area (Å²) in [5.41, 5.74) is 1.87. The van der Waals surface area contributed by atoms with Crippen LogP contribution < -0.4 is 25.4 Å². The summed E-state index contributed by atoms with van der Waals surface area (Å²) in [6, 6.07) is 13.4. The number of aryl methyl sites for hydroxylation is 1. The molecule has 3 N–H and O–H groups in total. The standard InChI is InChI=1S/C22H24FN5O3/c1-14-12-20(27-16-5-7-17(30-2)8-6-16)28-22(26-14)25-11-10-24-21(29)15-4-9-19(31-3)18(23)13-15/h4-9,12-13H,10-11H2,1-3H3,(H,24,29)(H2,25,26,27,28). The first-order chi connectivity index (χ1) is 15.0. The maximum atomic E-state index is 13.7. The molecule has 31 heavy (non-hydrogen) atoms. The fraction of sp³-hybridized carbons (Fsp3) is 0.227. The van der Waals surface area contributed by atoms with Crippen LogP contribution >= 0.6 is 0 Å². The lowest BCUT2D eigenvalue weighted by molar-refractivity contribution is 0.0954. The molecule has 1 amide bonds. The number of anilines is 3. The van der Waals surface area contributed by atoms with Crippen LogP contribution in [0.3, 0.4) is 0 Å². The lowest BCUT2D eigenvalue weighted by Crippen LogP contribution is -2.29. The van der Waals surface area contributed by atoms with Crippen molar-refractivity contribution in [2.45, 2.75) is 6.92 Å². The second-order valence-corrected chi connectivity index (χ2v) is 6.60. The first kappa shape index (κ1) is 21.8. The summed E-state index contributed by atoms with van der Waals surface area (Å²) in [7, 11) is 2.99. The highest BCUT2D eigenvalue weighted by Crippen LogP contribution is 2.20. The first-order valence-corrected chi connectivity index (χ1v) is 9.61. The smallest absolute Gasteiger partial charge is 0.251 e. The average Bonchev–Trinajstić information content (AvgIpc) is 2.76. The largest absolute Gasteiger partial charge is 0.497 e. The molecule has 1 aromatic heterocycles. The van der Waals surface area contributed by atoms with Crippen LogP contribution in [0.1, 0.15) is 16.1 Å². The number of ether oxygens (including phenoxy) is 2. The predicted octanol–water partition coefficient (Wildman–Crippen LogP) is 3.53. The van der Waals surface area contributed by atoms with E-state index >= 15 is 0 Å². The van der Waals surface area contributed by atoms with E-state index in [1.54, 1.807) is 7.11 Å². The van der Waals surface area contributed by atoms with Crippen LogP contribution in [0.25, 0.3) is 0 Å². The Balaban J connectivity index is 1.53. The molecule has 162 valence electrons. The van der Waals surface area contributed by atoms with Crippen molar-refractivity contribution >= 4 is 23.4 Å². The van der Waals surface area contributed by atoms with Crippen LogP contribution in [-0.2, 0) is 0 Å². The molecule has 0 radical (unpaired) electrons. The molecule has 8 nitrogen and oxygen atoms in total. The summed E-state index contributed by atoms with van der Waals surface area (Å²) < 4.78 is 23.8. The minimum atomic E-state index is -0.585. The van der Waals surface area contributed by atoms with Gasteiger partial charge in [-0.15, -0.1) is 0 Å². The molecule has 0 saturated heterocycles. The van der Waals surface area contributed by atoms with Crippen molar-refractivity contribution in [1.82, 2.24) is 15.3 Å². The Labute approximate surface area is 179 Å². The van der Waals surface area contributed by atoms with Crippen molar-refractivity contribution in [2.75, 3.05) is 37.9 Å². The van der Waals surface area contributed by atoms with Gasteiger partial charge in [0.2, 0.25) is 5.95 Å². The van der Waals surface area contributed by atoms with Gasteiger partial charge in [0, 0.05) is 36.1 Å². The van der Waals surface area contributed by atoms with E-state index in [2.05, 4.69) is 25.9 Å². The van der Waals surface area contributed by atoms with Crippen molar-refractivity contribution in [3.63, 3.8) is 0 Å². The van der Waals surface area contributed by atoms with Crippen molar-refractivity contribution in [2.24, 2.45) is 0 Å². The Morgan fingerprint density at radius 3 is 2.45 bits per heavy atom. The van der Waals surface area contributed by atoms with Gasteiger partial charge in [0.1, 0.15) is 11.6 Å². The third-order valence-corrected chi connectivity index (χ3v) is 4.32. The molecule has 2 aromatic carbocycles. The van der Waals surface area contributed by atoms with E-state index < -0.39 is 5.82 Å². The normalized spacial score (nSPS) is 10.3. The summed E-state index contributed by atoms with van der Waals surface area (Å²) in [6.45, 7) is 2.58. The third-order valence-electron chi connectivity index (χ3n) is 4.32. The summed E-state index contributed by atoms with van der Waals surface area (Å²) in [4.78, 5) is 21.0. The van der Waals surface area contributed by atoms with Crippen LogP contribution in [0, 0.1) is 12.7 Å². The molecule has 3 rings (SSSR count). The van der Waals surface area contributed by atoms with E-state index in [0.717, 1.165) is 23.2 Å². The number of hydrogen-bond donors (Lipinski definition) is 3. The molecule has 0 aliphatic rings. The molecular weight excluding hydrogens is 401 g/mol. The highest BCUT2D eigenvalue weighted by atomic mass is 19.1. The van der Waals surface area contributed by atoms with E-state index in [0.29, 0.717) is 24.9 Å². The number of amides is 1. The summed E-state index contributed by atoms with van der Waals surface area (Å²) in [5, 5.41) is 9.02. The van der Waals surface area contributed by atoms with Gasteiger partial charge >= 0.3 is 0 Å². The molecule has 1 heterocycles. The SMILES string of the molecule is COc1ccc(Nc2cc(C)nc(NCCNC(=O)c3ccc(OC)c(F)c3)n2)cc1. The maximum Gasteiger partial charge on any atom is 0.251 e. The zero-order valence-corrected chi connectivity index (χ0v) is 17.5. The highest BCUT2D eigenvalue weighted by Gasteiger charge is 2.10. The molecule has 0 aliphatic heterocycles. The molecule has 0 aliphatic carbocycles. The van der Waals surface area contributed by atoms with E-state index in [1.165, 1.54) is 19.2 Å². The van der Waals surface area contributed by atoms with Crippen molar-refractivity contribution in [3.8, 4) is 11.5 Å². The Hall–Kier alpha value is -3.88. The molecule has 3 aromatic rings. The van der Waals surface area contributed by atoms with Crippen LogP contribution in [0.15, 0.2) is 48.5 Å². The average molecular weight is 425 g/mol. The Kier molecular flexibility index (Phi) is 7.21. The summed E-state index contributed by atoms with van der Waals surface area (Å²) in [5.74, 6) is 0.965. The molecular formula is C22H24FN5O3. The Bertz CT molecular complexity index is 1040. The second kappa shape index (κ2) is 10.2. The number of benzene rings is 2. The van der Waals surface area contributed by atoms with Gasteiger partial charge in [-0.05, 0) is 49.4 Å². The zero-order valence-electron chi connectivity index (χ0n) is 17.5. The van der Waals surface area contributed by atoms with Gasteiger partial charge in [-0.3, -0.25) is 4.79 Å². The summed E-state index contributed by atoms with van der Waals surface area (Å²) >= 11 is 0. The highest BCUT2D eigenvalue weighted by molar-refractivity contribution is 5.94. The fourth-order valence-electron chi connectivity index (χ4n) is 2.79. The number of rotatable bonds is 9. The molecule has 0 atom stereocenters. The van der Waals surface area contributed by atoms with Crippen molar-refractivity contribution in [1.29, 1.82) is 0 Å². The van der Waals surface area contributed by atoms with Crippen LogP contribution in [-0.4, -0.2) is 43.2 Å². The van der Waals surface area contributed by atoms with Gasteiger partial charge < -0.3 is 25.4 Å². The molecule has 0 saturated carbocycles. The fourth-order valence-corrected chi connectivity index (χ4v) is 2.79. The zero-order chi connectivity index (χ0) is 22.2. The quantitative estimate of drug-likeness (QED) is 0.451. The number of nitrogens with one attached hydrogen (secondary N) is 3. The van der Waals surface area contributed by atoms with Gasteiger partial charge in [-0.2, -0.15) is 4.98 Å². The first-order valence-electron chi connectivity index (χ1n) is 9.61. The number of methoxy groups -OCH3 is 2. The summed E-state index contributed by atoms with van der Waals surface area (Å²) in [6.07, 6.45) is 0. The molecule has 0 bridgehead atoms. The van der Waals surface area contributed by atoms with Gasteiger partial charge in [-0.1, -0.05) is 0 Å². The van der Waals surface area contributed by atoms with Crippen molar-refractivity contribution < 1.29 is 18.7 Å². The lowest BCUT2D eigenvalue weighted by atomic mass is 10.2. The van der Waals surface area contributed by atoms with Gasteiger partial charge in [-0.25, -0.2) is 9.37 Å². The van der Waals surface area contributed by atoms with E-state index in [-0.39, 0.29) is 17.2 Å². The monoisotopic (exact) mass is 425 g/mol. The number of aromatic nitrogens is 2. The van der Waals surface area contributed by atoms with Crippen LogP contribution in [0.5, 0.6) is 11.5 Å². The van der Waals surface area contributed by atoms with Gasteiger partial charge in [0.15, 0.2) is 11.6 Å². The minimum Gasteiger partial charge on any atom is -0.497 e. The number of hydrogen-bond acceptors (Lipinski definition) is 7. The number of nitrogens with zero attached hydrogens (tertiary/aromatic N) is 2. The predicted molar refractivity (Wildman–Crippen MR) is 117 cm³/mol. The maximum absolute atomic E-state index is 13.7. The van der Waals surface area contributed by atoms with Crippen LogP contribution in [0.2, 0.25) is 0 Å². The lowest BCUT2D eigenvalue weighted by Gasteiger charge is -2.11. The van der Waals surface area contributed by atoms with Crippen LogP contribution in [0.4, 0.5) is 21.8 Å². The van der Waals surface area contributed by atoms with Crippen molar-refractivity contribution in [3.05, 3.63) is 65.6 Å². The topological polar surface area (TPSA) is 97.4 Å². The minimum absolute atomic E-state index is 0.0915. The van der Waals surface area contributed by atoms with E-state index in [1.807, 2.05) is 37.3 Å². The van der Waals surface area contributed by atoms with E-state index in [9.17, 15) is 9.18 Å². The number of carbonyl (C=O) groups is 1. The Morgan fingerprint density at radius 2 is 1.77 bits per heavy atom. The van der Waals surface area contributed by atoms with Gasteiger partial charge in [0.05, 0.1) is 14.2 Å². The van der Waals surface area contributed by atoms with E-state index in [4.69, 9.17) is 9.47 Å². The molecule has 0 spiro atoms. The number of carbonyl (C=O) groups excluding carboxylic acids is 1. The Morgan fingerprint density at radius 1 is 1.00 bits per heavy atom. The molecule has 0 fully saturated rings. The third kappa shape index (κ3) is 6.05. The number of halogens is 1. The second-order valence-electron chi connectivity index (χ2n) is 6.60. The molecule has 9 heteroatoms.